The van der Waals surface area contributed by atoms with Crippen molar-refractivity contribution in [2.24, 2.45) is 5.92 Å². The molecule has 0 aliphatic carbocycles. The maximum atomic E-state index is 12.6. The fraction of sp³-hybridized carbons (Fsp3) is 0.625. The minimum atomic E-state index is -3.50. The number of anilines is 1. The number of nitrogens with one attached hydrogen (secondary N) is 1. The minimum absolute atomic E-state index is 0.341. The van der Waals surface area contributed by atoms with Gasteiger partial charge in [0.25, 0.3) is 0 Å². The molecule has 0 bridgehead atoms. The smallest absolute Gasteiger partial charge is 0.240 e. The van der Waals surface area contributed by atoms with Gasteiger partial charge in [0.15, 0.2) is 0 Å². The molecule has 0 amide bonds. The number of aryl methyl sites for hydroxylation is 1. The van der Waals surface area contributed by atoms with E-state index >= 15 is 0 Å². The molecular formula is C16H28N2O2S. The van der Waals surface area contributed by atoms with Crippen molar-refractivity contribution in [3.05, 3.63) is 23.3 Å². The Bertz CT molecular complexity index is 564. The molecule has 1 aromatic rings. The Morgan fingerprint density at radius 1 is 1.10 bits per heavy atom. The van der Waals surface area contributed by atoms with Crippen LogP contribution in [-0.2, 0) is 22.9 Å². The Kier molecular flexibility index (Phi) is 6.68. The van der Waals surface area contributed by atoms with E-state index in [9.17, 15) is 8.42 Å². The van der Waals surface area contributed by atoms with Crippen LogP contribution in [0.15, 0.2) is 17.0 Å². The molecule has 0 fully saturated rings. The molecular weight excluding hydrogens is 284 g/mol. The predicted octanol–water partition coefficient (Wildman–Crippen LogP) is 3.11. The molecule has 1 aromatic carbocycles. The zero-order valence-corrected chi connectivity index (χ0v) is 14.4. The third-order valence-electron chi connectivity index (χ3n) is 4.07. The van der Waals surface area contributed by atoms with Gasteiger partial charge >= 0.3 is 0 Å². The predicted molar refractivity (Wildman–Crippen MR) is 88.9 cm³/mol. The largest absolute Gasteiger partial charge is 0.398 e. The summed E-state index contributed by atoms with van der Waals surface area (Å²) in [6.45, 7) is 8.56. The van der Waals surface area contributed by atoms with Crippen molar-refractivity contribution in [3.63, 3.8) is 0 Å². The maximum Gasteiger partial charge on any atom is 0.240 e. The lowest BCUT2D eigenvalue weighted by Crippen LogP contribution is -2.30. The number of nitrogen functional groups attached to an aromatic ring is 1. The molecule has 21 heavy (non-hydrogen) atoms. The fourth-order valence-corrected chi connectivity index (χ4v) is 3.93. The first-order valence-electron chi connectivity index (χ1n) is 7.80. The normalized spacial score (nSPS) is 12.0. The van der Waals surface area contributed by atoms with Gasteiger partial charge < -0.3 is 5.73 Å². The molecule has 0 unspecified atom stereocenters. The Hall–Kier alpha value is -1.07. The van der Waals surface area contributed by atoms with Crippen LogP contribution < -0.4 is 10.5 Å². The summed E-state index contributed by atoms with van der Waals surface area (Å²) in [5, 5.41) is 0. The zero-order chi connectivity index (χ0) is 16.0. The fourth-order valence-electron chi connectivity index (χ4n) is 2.43. The monoisotopic (exact) mass is 312 g/mol. The molecule has 0 aliphatic heterocycles. The number of hydrogen-bond acceptors (Lipinski definition) is 3. The second kappa shape index (κ2) is 7.80. The van der Waals surface area contributed by atoms with Gasteiger partial charge in [0, 0.05) is 12.2 Å². The molecule has 120 valence electrons. The average molecular weight is 312 g/mol. The van der Waals surface area contributed by atoms with Crippen LogP contribution in [0.2, 0.25) is 0 Å². The summed E-state index contributed by atoms with van der Waals surface area (Å²) in [5.41, 5.74) is 8.25. The molecule has 0 saturated heterocycles. The Balaban J connectivity index is 3.15. The van der Waals surface area contributed by atoms with Crippen LogP contribution in [0.4, 0.5) is 5.69 Å². The maximum absolute atomic E-state index is 12.6. The highest BCUT2D eigenvalue weighted by molar-refractivity contribution is 7.89. The lowest BCUT2D eigenvalue weighted by atomic mass is 10.0. The number of nitrogens with two attached hydrogens (primary N) is 1. The first kappa shape index (κ1) is 18.0. The van der Waals surface area contributed by atoms with E-state index in [1.54, 1.807) is 6.07 Å². The van der Waals surface area contributed by atoms with Crippen molar-refractivity contribution >= 4 is 15.7 Å². The summed E-state index contributed by atoms with van der Waals surface area (Å²) in [5.74, 6) is 0.372. The van der Waals surface area contributed by atoms with Crippen molar-refractivity contribution in [2.45, 2.75) is 58.3 Å². The molecule has 0 heterocycles. The number of rotatable bonds is 8. The molecule has 3 N–H and O–H groups in total. The molecule has 0 radical (unpaired) electrons. The van der Waals surface area contributed by atoms with E-state index in [2.05, 4.69) is 18.6 Å². The third kappa shape index (κ3) is 4.45. The van der Waals surface area contributed by atoms with Gasteiger partial charge in [-0.15, -0.1) is 0 Å². The summed E-state index contributed by atoms with van der Waals surface area (Å²) in [6.07, 6.45) is 3.31. The van der Waals surface area contributed by atoms with Crippen molar-refractivity contribution < 1.29 is 8.42 Å². The van der Waals surface area contributed by atoms with E-state index in [0.717, 1.165) is 24.8 Å². The summed E-state index contributed by atoms with van der Waals surface area (Å²) < 4.78 is 28.0. The van der Waals surface area contributed by atoms with Gasteiger partial charge in [-0.1, -0.05) is 40.5 Å². The van der Waals surface area contributed by atoms with Crippen LogP contribution in [0.1, 0.15) is 51.7 Å². The molecule has 4 nitrogen and oxygen atoms in total. The van der Waals surface area contributed by atoms with Crippen LogP contribution >= 0.6 is 0 Å². The third-order valence-corrected chi connectivity index (χ3v) is 5.56. The summed E-state index contributed by atoms with van der Waals surface area (Å²) in [6, 6.07) is 3.63. The molecule has 5 heteroatoms. The van der Waals surface area contributed by atoms with Gasteiger partial charge in [-0.05, 0) is 42.0 Å². The van der Waals surface area contributed by atoms with Crippen molar-refractivity contribution in [3.8, 4) is 0 Å². The standard InChI is InChI=1S/C16H28N2O2S/c1-5-12(6-2)11-18-21(19,20)16-10-13(7-3)9-15(17)14(16)8-4/h9-10,12,18H,5-8,11,17H2,1-4H3. The first-order chi connectivity index (χ1) is 9.89. The Labute approximate surface area is 129 Å². The first-order valence-corrected chi connectivity index (χ1v) is 9.28. The van der Waals surface area contributed by atoms with Gasteiger partial charge in [-0.25, -0.2) is 13.1 Å². The average Bonchev–Trinajstić information content (AvgIpc) is 2.47. The Morgan fingerprint density at radius 3 is 2.19 bits per heavy atom. The Morgan fingerprint density at radius 2 is 1.71 bits per heavy atom. The second-order valence-electron chi connectivity index (χ2n) is 5.40. The molecule has 0 saturated carbocycles. The highest BCUT2D eigenvalue weighted by Crippen LogP contribution is 2.25. The molecule has 0 spiro atoms. The van der Waals surface area contributed by atoms with E-state index in [0.29, 0.717) is 35.0 Å². The van der Waals surface area contributed by atoms with Crippen LogP contribution in [0.5, 0.6) is 0 Å². The number of benzene rings is 1. The van der Waals surface area contributed by atoms with E-state index in [1.807, 2.05) is 19.9 Å². The van der Waals surface area contributed by atoms with Crippen LogP contribution in [-0.4, -0.2) is 15.0 Å². The number of sulfonamides is 1. The second-order valence-corrected chi connectivity index (χ2v) is 7.14. The van der Waals surface area contributed by atoms with E-state index in [1.165, 1.54) is 0 Å². The SMILES string of the molecule is CCc1cc(N)c(CC)c(S(=O)(=O)NCC(CC)CC)c1. The number of hydrogen-bond donors (Lipinski definition) is 2. The summed E-state index contributed by atoms with van der Waals surface area (Å²) in [7, 11) is -3.50. The summed E-state index contributed by atoms with van der Waals surface area (Å²) >= 11 is 0. The molecule has 1 rings (SSSR count). The van der Waals surface area contributed by atoms with Crippen LogP contribution in [0.3, 0.4) is 0 Å². The van der Waals surface area contributed by atoms with E-state index in [4.69, 9.17) is 5.73 Å². The topological polar surface area (TPSA) is 72.2 Å². The zero-order valence-electron chi connectivity index (χ0n) is 13.6. The van der Waals surface area contributed by atoms with Gasteiger partial charge in [0.2, 0.25) is 10.0 Å². The van der Waals surface area contributed by atoms with E-state index < -0.39 is 10.0 Å². The summed E-state index contributed by atoms with van der Waals surface area (Å²) in [4.78, 5) is 0.341. The minimum Gasteiger partial charge on any atom is -0.398 e. The van der Waals surface area contributed by atoms with Gasteiger partial charge in [0.1, 0.15) is 0 Å². The lowest BCUT2D eigenvalue weighted by Gasteiger charge is -2.17. The van der Waals surface area contributed by atoms with Crippen molar-refractivity contribution in [2.75, 3.05) is 12.3 Å². The van der Waals surface area contributed by atoms with Gasteiger partial charge in [-0.2, -0.15) is 0 Å². The van der Waals surface area contributed by atoms with Crippen LogP contribution in [0.25, 0.3) is 0 Å². The van der Waals surface area contributed by atoms with Crippen LogP contribution in [0, 0.1) is 5.92 Å². The highest BCUT2D eigenvalue weighted by Gasteiger charge is 2.21. The molecule has 0 aliphatic rings. The lowest BCUT2D eigenvalue weighted by molar-refractivity contribution is 0.478. The van der Waals surface area contributed by atoms with Crippen molar-refractivity contribution in [1.29, 1.82) is 0 Å². The molecule has 0 aromatic heterocycles. The van der Waals surface area contributed by atoms with E-state index in [-0.39, 0.29) is 0 Å². The van der Waals surface area contributed by atoms with Crippen molar-refractivity contribution in [1.82, 2.24) is 4.72 Å². The van der Waals surface area contributed by atoms with Gasteiger partial charge in [-0.3, -0.25) is 0 Å². The quantitative estimate of drug-likeness (QED) is 0.724. The highest BCUT2D eigenvalue weighted by atomic mass is 32.2. The van der Waals surface area contributed by atoms with Gasteiger partial charge in [0.05, 0.1) is 4.90 Å². The molecule has 0 atom stereocenters.